The molecule has 0 saturated heterocycles. The van der Waals surface area contributed by atoms with Gasteiger partial charge in [-0.05, 0) is 67.8 Å². The molecule has 0 amide bonds. The van der Waals surface area contributed by atoms with Crippen molar-refractivity contribution in [2.45, 2.75) is 45.5 Å². The second-order valence-corrected chi connectivity index (χ2v) is 9.59. The van der Waals surface area contributed by atoms with Gasteiger partial charge in [-0.2, -0.15) is 13.2 Å². The van der Waals surface area contributed by atoms with Gasteiger partial charge in [-0.15, -0.1) is 13.2 Å². The molecule has 0 aliphatic heterocycles. The van der Waals surface area contributed by atoms with Crippen LogP contribution in [0.5, 0.6) is 11.5 Å². The van der Waals surface area contributed by atoms with Gasteiger partial charge in [0.25, 0.3) is 0 Å². The Labute approximate surface area is 232 Å². The predicted molar refractivity (Wildman–Crippen MR) is 141 cm³/mol. The average molecular weight is 580 g/mol. The Bertz CT molecular complexity index is 1520. The maximum atomic E-state index is 13.6. The van der Waals surface area contributed by atoms with Gasteiger partial charge in [0.1, 0.15) is 18.1 Å². The maximum Gasteiger partial charge on any atom is 0.573 e. The number of carbonyl (C=O) groups excluding carboxylic acids is 1. The molecule has 0 spiro atoms. The number of carbonyl (C=O) groups is 1. The van der Waals surface area contributed by atoms with Gasteiger partial charge in [0.2, 0.25) is 0 Å². The number of nitrogens with zero attached hydrogens (tertiary/aromatic N) is 1. The minimum absolute atomic E-state index is 0.180. The monoisotopic (exact) mass is 579 g/mol. The first kappa shape index (κ1) is 30.0. The summed E-state index contributed by atoms with van der Waals surface area (Å²) >= 11 is 0. The Balaban J connectivity index is 1.71. The quantitative estimate of drug-likeness (QED) is 0.143. The minimum Gasteiger partial charge on any atom is -0.497 e. The second-order valence-electron chi connectivity index (χ2n) is 9.59. The molecule has 1 aromatic heterocycles. The molecule has 4 aromatic rings. The van der Waals surface area contributed by atoms with Crippen LogP contribution in [0.1, 0.15) is 39.7 Å². The number of rotatable bonds is 10. The van der Waals surface area contributed by atoms with Crippen molar-refractivity contribution in [3.63, 3.8) is 0 Å². The summed E-state index contributed by atoms with van der Waals surface area (Å²) in [6.07, 6.45) is -9.81. The zero-order valence-electron chi connectivity index (χ0n) is 22.4. The Morgan fingerprint density at radius 3 is 2.20 bits per heavy atom. The maximum absolute atomic E-state index is 13.6. The Morgan fingerprint density at radius 2 is 1.56 bits per heavy atom. The van der Waals surface area contributed by atoms with Gasteiger partial charge < -0.3 is 18.8 Å². The largest absolute Gasteiger partial charge is 0.573 e. The molecule has 4 rings (SSSR count). The fraction of sp³-hybridized carbons (Fsp3) is 0.300. The third-order valence-electron chi connectivity index (χ3n) is 6.50. The SMILES string of the molecule is COc1ccc(C(=O)c2c(C)n(Cc3cccc(CC(C)OCC(F)(F)F)c3)c3cc(OC(F)(F)F)ccc23)cc1. The van der Waals surface area contributed by atoms with E-state index in [1.165, 1.54) is 19.2 Å². The molecule has 0 fully saturated rings. The highest BCUT2D eigenvalue weighted by atomic mass is 19.4. The van der Waals surface area contributed by atoms with Crippen LogP contribution >= 0.6 is 0 Å². The van der Waals surface area contributed by atoms with Gasteiger partial charge in [0.15, 0.2) is 5.78 Å². The fourth-order valence-corrected chi connectivity index (χ4v) is 4.70. The molecule has 3 aromatic carbocycles. The highest BCUT2D eigenvalue weighted by Gasteiger charge is 2.32. The van der Waals surface area contributed by atoms with Crippen LogP contribution in [0, 0.1) is 6.92 Å². The fourth-order valence-electron chi connectivity index (χ4n) is 4.70. The van der Waals surface area contributed by atoms with Crippen LogP contribution in [0.25, 0.3) is 10.9 Å². The average Bonchev–Trinajstić information content (AvgIpc) is 3.16. The summed E-state index contributed by atoms with van der Waals surface area (Å²) in [5.41, 5.74) is 3.04. The van der Waals surface area contributed by atoms with E-state index < -0.39 is 31.0 Å². The number of methoxy groups -OCH3 is 1. The molecule has 0 aliphatic rings. The molecule has 0 aliphatic carbocycles. The van der Waals surface area contributed by atoms with Gasteiger partial charge in [-0.25, -0.2) is 0 Å². The lowest BCUT2D eigenvalue weighted by Gasteiger charge is -2.16. The summed E-state index contributed by atoms with van der Waals surface area (Å²) in [6.45, 7) is 2.08. The highest BCUT2D eigenvalue weighted by molar-refractivity contribution is 6.17. The van der Waals surface area contributed by atoms with E-state index in [2.05, 4.69) is 4.74 Å². The minimum atomic E-state index is -4.90. The van der Waals surface area contributed by atoms with Crippen LogP contribution < -0.4 is 9.47 Å². The van der Waals surface area contributed by atoms with Crippen LogP contribution in [0.4, 0.5) is 26.3 Å². The number of ketones is 1. The summed E-state index contributed by atoms with van der Waals surface area (Å²) in [7, 11) is 1.50. The van der Waals surface area contributed by atoms with E-state index in [-0.39, 0.29) is 18.7 Å². The molecule has 11 heteroatoms. The van der Waals surface area contributed by atoms with E-state index in [9.17, 15) is 31.1 Å². The van der Waals surface area contributed by atoms with E-state index in [0.29, 0.717) is 33.5 Å². The Kier molecular flexibility index (Phi) is 8.67. The van der Waals surface area contributed by atoms with Crippen molar-refractivity contribution in [1.82, 2.24) is 4.57 Å². The van der Waals surface area contributed by atoms with Crippen LogP contribution in [-0.2, 0) is 17.7 Å². The first-order valence-corrected chi connectivity index (χ1v) is 12.6. The molecule has 5 nitrogen and oxygen atoms in total. The summed E-state index contributed by atoms with van der Waals surface area (Å²) in [5, 5.41) is 0.447. The van der Waals surface area contributed by atoms with E-state index in [4.69, 9.17) is 9.47 Å². The standard InChI is InChI=1S/C30H27F6NO4/c1-18(40-17-29(31,32)33)13-20-5-4-6-21(14-20)16-37-19(2)27(28(38)22-7-9-23(39-3)10-8-22)25-12-11-24(15-26(25)37)41-30(34,35)36/h4-12,14-15,18H,13,16-17H2,1-3H3. The van der Waals surface area contributed by atoms with E-state index in [0.717, 1.165) is 17.2 Å². The Morgan fingerprint density at radius 1 is 0.902 bits per heavy atom. The molecule has 1 unspecified atom stereocenters. The number of fused-ring (bicyclic) bond motifs is 1. The lowest BCUT2D eigenvalue weighted by Crippen LogP contribution is -2.22. The third-order valence-corrected chi connectivity index (χ3v) is 6.50. The summed E-state index contributed by atoms with van der Waals surface area (Å²) in [6, 6.07) is 17.4. The van der Waals surface area contributed by atoms with Crippen LogP contribution in [0.2, 0.25) is 0 Å². The number of ether oxygens (including phenoxy) is 3. The number of hydrogen-bond donors (Lipinski definition) is 0. The Hall–Kier alpha value is -3.99. The predicted octanol–water partition coefficient (Wildman–Crippen LogP) is 7.65. The zero-order valence-corrected chi connectivity index (χ0v) is 22.4. The first-order valence-electron chi connectivity index (χ1n) is 12.6. The number of alkyl halides is 6. The second kappa shape index (κ2) is 11.9. The van der Waals surface area contributed by atoms with E-state index in [1.807, 2.05) is 0 Å². The van der Waals surface area contributed by atoms with E-state index >= 15 is 0 Å². The van der Waals surface area contributed by atoms with Crippen LogP contribution in [-0.4, -0.2) is 42.7 Å². The molecular weight excluding hydrogens is 552 g/mol. The molecule has 0 saturated carbocycles. The zero-order chi connectivity index (χ0) is 29.9. The number of hydrogen-bond acceptors (Lipinski definition) is 4. The van der Waals surface area contributed by atoms with Crippen LogP contribution in [0.3, 0.4) is 0 Å². The van der Waals surface area contributed by atoms with Gasteiger partial charge in [-0.3, -0.25) is 4.79 Å². The number of benzene rings is 3. The first-order chi connectivity index (χ1) is 19.2. The molecule has 1 heterocycles. The summed E-state index contributed by atoms with van der Waals surface area (Å²) < 4.78 is 92.4. The van der Waals surface area contributed by atoms with Gasteiger partial charge in [-0.1, -0.05) is 24.3 Å². The van der Waals surface area contributed by atoms with E-state index in [1.54, 1.807) is 66.9 Å². The summed E-state index contributed by atoms with van der Waals surface area (Å²) in [5.74, 6) is -0.188. The topological polar surface area (TPSA) is 49.7 Å². The molecule has 0 radical (unpaired) electrons. The molecule has 218 valence electrons. The van der Waals surface area contributed by atoms with Gasteiger partial charge in [0, 0.05) is 29.3 Å². The molecule has 0 N–H and O–H groups in total. The van der Waals surface area contributed by atoms with Crippen LogP contribution in [0.15, 0.2) is 66.7 Å². The van der Waals surface area contributed by atoms with Crippen molar-refractivity contribution < 1.29 is 45.3 Å². The lowest BCUT2D eigenvalue weighted by atomic mass is 10.0. The van der Waals surface area contributed by atoms with Crippen molar-refractivity contribution in [3.8, 4) is 11.5 Å². The molecule has 1 atom stereocenters. The van der Waals surface area contributed by atoms with Crippen molar-refractivity contribution >= 4 is 16.7 Å². The van der Waals surface area contributed by atoms with Crippen molar-refractivity contribution in [2.24, 2.45) is 0 Å². The number of aromatic nitrogens is 1. The van der Waals surface area contributed by atoms with Crippen molar-refractivity contribution in [2.75, 3.05) is 13.7 Å². The number of halogens is 6. The molecule has 0 bridgehead atoms. The normalized spacial score (nSPS) is 12.9. The lowest BCUT2D eigenvalue weighted by molar-refractivity contribution is -0.274. The van der Waals surface area contributed by atoms with Gasteiger partial charge in [0.05, 0.1) is 24.3 Å². The summed E-state index contributed by atoms with van der Waals surface area (Å²) in [4.78, 5) is 13.6. The van der Waals surface area contributed by atoms with Crippen molar-refractivity contribution in [3.05, 3.63) is 94.7 Å². The van der Waals surface area contributed by atoms with Gasteiger partial charge >= 0.3 is 12.5 Å². The highest BCUT2D eigenvalue weighted by Crippen LogP contribution is 2.34. The third kappa shape index (κ3) is 7.60. The molecular formula is C30H27F6NO4. The smallest absolute Gasteiger partial charge is 0.497 e. The van der Waals surface area contributed by atoms with Crippen molar-refractivity contribution in [1.29, 1.82) is 0 Å². The molecule has 41 heavy (non-hydrogen) atoms.